The number of benzene rings is 1. The van der Waals surface area contributed by atoms with Crippen LogP contribution in [0.25, 0.3) is 11.4 Å². The van der Waals surface area contributed by atoms with Crippen molar-refractivity contribution in [3.8, 4) is 29.2 Å². The number of nitrogens with zero attached hydrogens (tertiary/aromatic N) is 4. The zero-order valence-electron chi connectivity index (χ0n) is 17.7. The van der Waals surface area contributed by atoms with Gasteiger partial charge in [0.05, 0.1) is 11.3 Å². The molecule has 154 valence electrons. The predicted molar refractivity (Wildman–Crippen MR) is 119 cm³/mol. The Morgan fingerprint density at radius 1 is 1.30 bits per heavy atom. The minimum absolute atomic E-state index is 0.00246. The van der Waals surface area contributed by atoms with Gasteiger partial charge in [-0.2, -0.15) is 5.26 Å². The fraction of sp³-hybridized carbons (Fsp3) is 0.478. The zero-order chi connectivity index (χ0) is 21.7. The van der Waals surface area contributed by atoms with Gasteiger partial charge in [0.2, 0.25) is 0 Å². The molecule has 1 atom stereocenters. The van der Waals surface area contributed by atoms with Gasteiger partial charge in [0.1, 0.15) is 23.2 Å². The number of rotatable bonds is 6. The van der Waals surface area contributed by atoms with Crippen LogP contribution in [0.15, 0.2) is 18.2 Å². The number of hydrogen-bond donors (Lipinski definition) is 2. The van der Waals surface area contributed by atoms with Gasteiger partial charge in [-0.05, 0) is 42.7 Å². The smallest absolute Gasteiger partial charge is 0.268 e. The molecule has 0 aliphatic carbocycles. The molecule has 30 heavy (non-hydrogen) atoms. The third-order valence-corrected chi connectivity index (χ3v) is 5.90. The van der Waals surface area contributed by atoms with E-state index in [0.29, 0.717) is 34.9 Å². The van der Waals surface area contributed by atoms with E-state index < -0.39 is 0 Å². The van der Waals surface area contributed by atoms with E-state index in [-0.39, 0.29) is 24.2 Å². The number of aromatic hydroxyl groups is 1. The lowest BCUT2D eigenvalue weighted by molar-refractivity contribution is 0.475. The Balaban J connectivity index is 2.05. The molecule has 2 heterocycles. The first kappa shape index (κ1) is 21.6. The van der Waals surface area contributed by atoms with Crippen molar-refractivity contribution >= 4 is 12.5 Å². The molecule has 0 amide bonds. The summed E-state index contributed by atoms with van der Waals surface area (Å²) < 4.78 is 0. The van der Waals surface area contributed by atoms with E-state index in [2.05, 4.69) is 30.9 Å². The van der Waals surface area contributed by atoms with Crippen molar-refractivity contribution in [1.29, 1.82) is 10.5 Å². The fourth-order valence-corrected chi connectivity index (χ4v) is 4.33. The molecule has 1 aliphatic rings. The molecule has 1 aliphatic heterocycles. The van der Waals surface area contributed by atoms with Crippen molar-refractivity contribution in [1.82, 2.24) is 9.97 Å². The second-order valence-corrected chi connectivity index (χ2v) is 8.59. The summed E-state index contributed by atoms with van der Waals surface area (Å²) in [6.45, 7) is 4.35. The van der Waals surface area contributed by atoms with Crippen LogP contribution in [-0.4, -0.2) is 21.8 Å². The van der Waals surface area contributed by atoms with Crippen molar-refractivity contribution in [3.05, 3.63) is 35.0 Å². The maximum absolute atomic E-state index is 10.6. The lowest BCUT2D eigenvalue weighted by Crippen LogP contribution is -2.22. The first-order chi connectivity index (χ1) is 14.4. The number of hydrogen-bond acceptors (Lipinski definition) is 6. The highest BCUT2D eigenvalue weighted by atomic mass is 16.3. The molecule has 0 saturated carbocycles. The predicted octanol–water partition coefficient (Wildman–Crippen LogP) is 4.72. The number of aryl methyl sites for hydroxylation is 1. The van der Waals surface area contributed by atoms with E-state index in [4.69, 9.17) is 10.7 Å². The van der Waals surface area contributed by atoms with E-state index in [1.165, 1.54) is 0 Å². The van der Waals surface area contributed by atoms with Crippen LogP contribution in [0.3, 0.4) is 0 Å². The monoisotopic (exact) mass is 401 g/mol. The summed E-state index contributed by atoms with van der Waals surface area (Å²) in [5, 5.41) is 29.6. The number of nitrogen functional groups attached to an aromatic ring is 1. The van der Waals surface area contributed by atoms with E-state index in [1.54, 1.807) is 6.07 Å². The summed E-state index contributed by atoms with van der Waals surface area (Å²) in [5.74, 6) is 3.57. The quantitative estimate of drug-likeness (QED) is 0.676. The Bertz CT molecular complexity index is 992. The number of aromatic nitrogens is 2. The molecule has 0 spiro atoms. The largest absolute Gasteiger partial charge is 0.507 e. The molecular weight excluding hydrogens is 373 g/mol. The molecule has 7 heteroatoms. The number of phenolic OH excluding ortho intramolecular Hbond substituents is 1. The molecule has 3 rings (SSSR count). The zero-order valence-corrected chi connectivity index (χ0v) is 17.7. The number of nitriles is 2. The number of nitrogens with two attached hydrogens (primary N) is 1. The maximum Gasteiger partial charge on any atom is 0.268 e. The highest BCUT2D eigenvalue weighted by molar-refractivity contribution is 6.67. The standard InChI is InChI=1S/C23H28BN5O/c1-15(2)6-3-7-16-8-4-10-19(30)20(16)23-28-21(18(13-25)22(27)29-23)17-9-5-11-24(12-17)14-26/h4,8,10,15,17,30H,3,5-7,9,11-12H2,1-2H3,(H2,27,28,29). The lowest BCUT2D eigenvalue weighted by atomic mass is 9.40. The Labute approximate surface area is 178 Å². The van der Waals surface area contributed by atoms with Crippen LogP contribution in [0.1, 0.15) is 62.3 Å². The van der Waals surface area contributed by atoms with Crippen LogP contribution in [0, 0.1) is 28.5 Å². The van der Waals surface area contributed by atoms with Gasteiger partial charge in [0, 0.05) is 5.97 Å². The molecule has 1 fully saturated rings. The molecule has 1 saturated heterocycles. The molecule has 6 nitrogen and oxygen atoms in total. The van der Waals surface area contributed by atoms with Crippen LogP contribution in [0.2, 0.25) is 12.6 Å². The van der Waals surface area contributed by atoms with E-state index in [1.807, 2.05) is 12.1 Å². The third-order valence-electron chi connectivity index (χ3n) is 5.90. The van der Waals surface area contributed by atoms with Gasteiger partial charge in [-0.3, -0.25) is 0 Å². The summed E-state index contributed by atoms with van der Waals surface area (Å²) in [6.07, 6.45) is 6.23. The normalized spacial score (nSPS) is 16.3. The lowest BCUT2D eigenvalue weighted by Gasteiger charge is -2.24. The fourth-order valence-electron chi connectivity index (χ4n) is 4.33. The SMILES string of the molecule is CC(C)CCCc1cccc(O)c1-c1nc(N)c(C#N)c(C2CCCB(C#N)C2)n1. The van der Waals surface area contributed by atoms with Crippen molar-refractivity contribution in [3.63, 3.8) is 0 Å². The van der Waals surface area contributed by atoms with Crippen molar-refractivity contribution in [2.75, 3.05) is 5.73 Å². The van der Waals surface area contributed by atoms with Crippen molar-refractivity contribution in [2.45, 2.75) is 64.5 Å². The van der Waals surface area contributed by atoms with Crippen LogP contribution in [-0.2, 0) is 6.42 Å². The molecule has 0 radical (unpaired) electrons. The molecular formula is C23H28BN5O. The summed E-state index contributed by atoms with van der Waals surface area (Å²) in [4.78, 5) is 9.14. The Morgan fingerprint density at radius 3 is 2.80 bits per heavy atom. The van der Waals surface area contributed by atoms with E-state index in [0.717, 1.165) is 44.0 Å². The molecule has 2 aromatic rings. The molecule has 1 aromatic carbocycles. The molecule has 0 bridgehead atoms. The third kappa shape index (κ3) is 4.74. The average molecular weight is 401 g/mol. The van der Waals surface area contributed by atoms with Crippen LogP contribution >= 0.6 is 0 Å². The van der Waals surface area contributed by atoms with Crippen molar-refractivity contribution < 1.29 is 5.11 Å². The highest BCUT2D eigenvalue weighted by Gasteiger charge is 2.30. The molecule has 1 unspecified atom stereocenters. The van der Waals surface area contributed by atoms with Gasteiger partial charge >= 0.3 is 0 Å². The Kier molecular flexibility index (Phi) is 6.95. The van der Waals surface area contributed by atoms with Gasteiger partial charge < -0.3 is 10.8 Å². The Morgan fingerprint density at radius 2 is 2.10 bits per heavy atom. The van der Waals surface area contributed by atoms with Gasteiger partial charge in [-0.25, -0.2) is 15.2 Å². The summed E-state index contributed by atoms with van der Waals surface area (Å²) in [7, 11) is 0. The summed E-state index contributed by atoms with van der Waals surface area (Å²) in [6, 6.07) is 7.60. The maximum atomic E-state index is 10.6. The van der Waals surface area contributed by atoms with E-state index >= 15 is 0 Å². The highest BCUT2D eigenvalue weighted by Crippen LogP contribution is 2.38. The first-order valence-electron chi connectivity index (χ1n) is 10.7. The summed E-state index contributed by atoms with van der Waals surface area (Å²) >= 11 is 0. The number of phenols is 1. The minimum atomic E-state index is -0.0355. The minimum Gasteiger partial charge on any atom is -0.507 e. The first-order valence-corrected chi connectivity index (χ1v) is 10.7. The second kappa shape index (κ2) is 9.63. The van der Waals surface area contributed by atoms with Crippen LogP contribution in [0.5, 0.6) is 5.75 Å². The molecule has 1 aromatic heterocycles. The molecule has 3 N–H and O–H groups in total. The number of anilines is 1. The van der Waals surface area contributed by atoms with Gasteiger partial charge in [0.25, 0.3) is 6.71 Å². The second-order valence-electron chi connectivity index (χ2n) is 8.59. The van der Waals surface area contributed by atoms with Gasteiger partial charge in [-0.1, -0.05) is 51.5 Å². The summed E-state index contributed by atoms with van der Waals surface area (Å²) in [5.41, 5.74) is 8.63. The van der Waals surface area contributed by atoms with Crippen molar-refractivity contribution in [2.24, 2.45) is 5.92 Å². The van der Waals surface area contributed by atoms with Crippen LogP contribution in [0.4, 0.5) is 5.82 Å². The average Bonchev–Trinajstić information content (AvgIpc) is 2.73. The topological polar surface area (TPSA) is 120 Å². The van der Waals surface area contributed by atoms with Gasteiger partial charge in [0.15, 0.2) is 5.82 Å². The van der Waals surface area contributed by atoms with Crippen LogP contribution < -0.4 is 5.73 Å². The Hall–Kier alpha value is -3.06. The van der Waals surface area contributed by atoms with Gasteiger partial charge in [-0.15, -0.1) is 0 Å². The van der Waals surface area contributed by atoms with E-state index in [9.17, 15) is 15.6 Å².